The van der Waals surface area contributed by atoms with Crippen LogP contribution in [0.2, 0.25) is 0 Å². The highest BCUT2D eigenvalue weighted by atomic mass is 16.6. The van der Waals surface area contributed by atoms with Gasteiger partial charge in [0.25, 0.3) is 0 Å². The van der Waals surface area contributed by atoms with Crippen molar-refractivity contribution in [1.29, 1.82) is 0 Å². The Morgan fingerprint density at radius 3 is 2.50 bits per heavy atom. The van der Waals surface area contributed by atoms with Crippen LogP contribution < -0.4 is 14.4 Å². The van der Waals surface area contributed by atoms with Gasteiger partial charge in [-0.3, -0.25) is 9.69 Å². The van der Waals surface area contributed by atoms with Gasteiger partial charge in [-0.15, -0.1) is 0 Å². The minimum Gasteiger partial charge on any atom is -0.486 e. The van der Waals surface area contributed by atoms with Crippen molar-refractivity contribution in [2.45, 2.75) is 13.8 Å². The molecule has 2 aliphatic heterocycles. The van der Waals surface area contributed by atoms with E-state index in [9.17, 15) is 4.79 Å². The van der Waals surface area contributed by atoms with Gasteiger partial charge in [0.1, 0.15) is 19.0 Å². The van der Waals surface area contributed by atoms with E-state index >= 15 is 0 Å². The normalized spacial score (nSPS) is 16.2. The summed E-state index contributed by atoms with van der Waals surface area (Å²) in [7, 11) is 0. The lowest BCUT2D eigenvalue weighted by atomic mass is 10.1. The summed E-state index contributed by atoms with van der Waals surface area (Å²) >= 11 is 0. The van der Waals surface area contributed by atoms with Gasteiger partial charge in [0.2, 0.25) is 0 Å². The zero-order valence-electron chi connectivity index (χ0n) is 18.6. The first-order valence-corrected chi connectivity index (χ1v) is 11.1. The minimum absolute atomic E-state index is 0.160. The van der Waals surface area contributed by atoms with Crippen molar-refractivity contribution in [2.75, 3.05) is 50.8 Å². The van der Waals surface area contributed by atoms with E-state index in [1.807, 2.05) is 62.5 Å². The van der Waals surface area contributed by atoms with Crippen LogP contribution in [0.25, 0.3) is 5.69 Å². The molecule has 0 unspecified atom stereocenters. The number of ketones is 1. The number of benzene rings is 1. The Morgan fingerprint density at radius 2 is 1.75 bits per heavy atom. The quantitative estimate of drug-likeness (QED) is 0.577. The number of rotatable bonds is 5. The van der Waals surface area contributed by atoms with Crippen LogP contribution in [0, 0.1) is 13.8 Å². The van der Waals surface area contributed by atoms with E-state index in [0.717, 1.165) is 66.1 Å². The first kappa shape index (κ1) is 20.6. The molecule has 7 heteroatoms. The zero-order valence-corrected chi connectivity index (χ0v) is 18.6. The number of aryl methyl sites for hydroxylation is 1. The van der Waals surface area contributed by atoms with E-state index in [2.05, 4.69) is 19.4 Å². The number of anilines is 1. The lowest BCUT2D eigenvalue weighted by Gasteiger charge is -2.35. The molecule has 166 valence electrons. The number of aromatic nitrogens is 2. The molecule has 0 bridgehead atoms. The molecule has 3 aromatic rings. The van der Waals surface area contributed by atoms with E-state index in [4.69, 9.17) is 9.47 Å². The van der Waals surface area contributed by atoms with Crippen molar-refractivity contribution in [2.24, 2.45) is 0 Å². The van der Waals surface area contributed by atoms with E-state index < -0.39 is 0 Å². The zero-order chi connectivity index (χ0) is 22.1. The average molecular weight is 433 g/mol. The number of hydrogen-bond donors (Lipinski definition) is 0. The highest BCUT2D eigenvalue weighted by molar-refractivity contribution is 5.99. The van der Waals surface area contributed by atoms with Gasteiger partial charge in [-0.25, -0.2) is 4.98 Å². The number of Topliss-reactive ketones (excluding diaryl/α,β-unsaturated/α-hetero) is 1. The standard InChI is InChI=1S/C25H28N4O3/c1-18-15-21(19(2)29(18)20-6-7-23-24(16-20)32-14-13-31-23)22(30)17-27-9-11-28(12-10-27)25-5-3-4-8-26-25/h3-8,15-16H,9-14,17H2,1-2H3. The maximum atomic E-state index is 13.2. The molecular formula is C25H28N4O3. The Morgan fingerprint density at radius 1 is 0.969 bits per heavy atom. The van der Waals surface area contributed by atoms with Crippen molar-refractivity contribution in [3.05, 3.63) is 65.6 Å². The topological polar surface area (TPSA) is 59.8 Å². The molecule has 0 amide bonds. The number of hydrogen-bond acceptors (Lipinski definition) is 6. The van der Waals surface area contributed by atoms with Crippen LogP contribution in [0.4, 0.5) is 5.82 Å². The van der Waals surface area contributed by atoms with Crippen molar-refractivity contribution in [3.63, 3.8) is 0 Å². The van der Waals surface area contributed by atoms with Crippen molar-refractivity contribution >= 4 is 11.6 Å². The summed E-state index contributed by atoms with van der Waals surface area (Å²) in [6, 6.07) is 13.9. The van der Waals surface area contributed by atoms with Gasteiger partial charge in [0.05, 0.1) is 6.54 Å². The predicted octanol–water partition coefficient (Wildman–Crippen LogP) is 3.27. The molecule has 1 aromatic carbocycles. The van der Waals surface area contributed by atoms with Gasteiger partial charge in [-0.05, 0) is 44.2 Å². The van der Waals surface area contributed by atoms with Crippen LogP contribution >= 0.6 is 0 Å². The van der Waals surface area contributed by atoms with Crippen LogP contribution in [-0.2, 0) is 0 Å². The molecule has 32 heavy (non-hydrogen) atoms. The molecule has 0 N–H and O–H groups in total. The summed E-state index contributed by atoms with van der Waals surface area (Å²) in [6.45, 7) is 9.05. The van der Waals surface area contributed by atoms with E-state index in [1.54, 1.807) is 0 Å². The number of carbonyl (C=O) groups is 1. The van der Waals surface area contributed by atoms with Gasteiger partial charge in [-0.2, -0.15) is 0 Å². The van der Waals surface area contributed by atoms with Crippen molar-refractivity contribution in [3.8, 4) is 17.2 Å². The van der Waals surface area contributed by atoms with Crippen LogP contribution in [0.3, 0.4) is 0 Å². The second-order valence-corrected chi connectivity index (χ2v) is 8.32. The number of fused-ring (bicyclic) bond motifs is 1. The first-order valence-electron chi connectivity index (χ1n) is 11.1. The molecule has 1 saturated heterocycles. The lowest BCUT2D eigenvalue weighted by Crippen LogP contribution is -2.48. The van der Waals surface area contributed by atoms with Crippen LogP contribution in [0.15, 0.2) is 48.7 Å². The third-order valence-electron chi connectivity index (χ3n) is 6.23. The molecule has 0 saturated carbocycles. The van der Waals surface area contributed by atoms with E-state index in [0.29, 0.717) is 19.8 Å². The molecule has 4 heterocycles. The largest absolute Gasteiger partial charge is 0.486 e. The molecule has 0 atom stereocenters. The molecule has 0 radical (unpaired) electrons. The van der Waals surface area contributed by atoms with Gasteiger partial charge < -0.3 is 18.9 Å². The first-order chi connectivity index (χ1) is 15.6. The Balaban J connectivity index is 1.28. The third-order valence-corrected chi connectivity index (χ3v) is 6.23. The fourth-order valence-corrected chi connectivity index (χ4v) is 4.58. The predicted molar refractivity (Wildman–Crippen MR) is 123 cm³/mol. The minimum atomic E-state index is 0.160. The summed E-state index contributed by atoms with van der Waals surface area (Å²) < 4.78 is 13.5. The SMILES string of the molecule is Cc1cc(C(=O)CN2CCN(c3ccccn3)CC2)c(C)n1-c1ccc2c(c1)OCCO2. The van der Waals surface area contributed by atoms with Gasteiger partial charge in [0.15, 0.2) is 17.3 Å². The number of ether oxygens (including phenoxy) is 2. The fourth-order valence-electron chi connectivity index (χ4n) is 4.58. The number of carbonyl (C=O) groups excluding carboxylic acids is 1. The Hall–Kier alpha value is -3.32. The second kappa shape index (κ2) is 8.67. The maximum Gasteiger partial charge on any atom is 0.178 e. The molecule has 5 rings (SSSR count). The monoisotopic (exact) mass is 432 g/mol. The van der Waals surface area contributed by atoms with Gasteiger partial charge in [-0.1, -0.05) is 6.07 Å². The van der Waals surface area contributed by atoms with Crippen molar-refractivity contribution < 1.29 is 14.3 Å². The highest BCUT2D eigenvalue weighted by Gasteiger charge is 2.23. The molecule has 2 aromatic heterocycles. The van der Waals surface area contributed by atoms with Crippen molar-refractivity contribution in [1.82, 2.24) is 14.5 Å². The summed E-state index contributed by atoms with van der Waals surface area (Å²) in [4.78, 5) is 22.1. The summed E-state index contributed by atoms with van der Waals surface area (Å²) in [5, 5.41) is 0. The Bertz CT molecular complexity index is 1120. The van der Waals surface area contributed by atoms with Gasteiger partial charge in [0, 0.05) is 61.1 Å². The van der Waals surface area contributed by atoms with Crippen LogP contribution in [-0.4, -0.2) is 66.2 Å². The second-order valence-electron chi connectivity index (χ2n) is 8.32. The number of pyridine rings is 1. The average Bonchev–Trinajstić information content (AvgIpc) is 3.13. The number of piperazine rings is 1. The third kappa shape index (κ3) is 3.96. The fraction of sp³-hybridized carbons (Fsp3) is 0.360. The molecule has 2 aliphatic rings. The maximum absolute atomic E-state index is 13.2. The lowest BCUT2D eigenvalue weighted by molar-refractivity contribution is 0.0925. The molecular weight excluding hydrogens is 404 g/mol. The summed E-state index contributed by atoms with van der Waals surface area (Å²) in [5.41, 5.74) is 3.75. The van der Waals surface area contributed by atoms with Gasteiger partial charge >= 0.3 is 0 Å². The summed E-state index contributed by atoms with van der Waals surface area (Å²) in [6.07, 6.45) is 1.82. The summed E-state index contributed by atoms with van der Waals surface area (Å²) in [5.74, 6) is 2.68. The Kier molecular flexibility index (Phi) is 5.57. The van der Waals surface area contributed by atoms with E-state index in [-0.39, 0.29) is 5.78 Å². The van der Waals surface area contributed by atoms with Crippen LogP contribution in [0.1, 0.15) is 21.7 Å². The molecule has 7 nitrogen and oxygen atoms in total. The van der Waals surface area contributed by atoms with Crippen LogP contribution in [0.5, 0.6) is 11.5 Å². The molecule has 0 spiro atoms. The molecule has 0 aliphatic carbocycles. The smallest absolute Gasteiger partial charge is 0.178 e. The number of nitrogens with zero attached hydrogens (tertiary/aromatic N) is 4. The highest BCUT2D eigenvalue weighted by Crippen LogP contribution is 2.33. The van der Waals surface area contributed by atoms with E-state index in [1.165, 1.54) is 0 Å². The Labute approximate surface area is 188 Å². The molecule has 1 fully saturated rings.